The molecule has 0 N–H and O–H groups in total. The van der Waals surface area contributed by atoms with E-state index >= 15 is 0 Å². The topological polar surface area (TPSA) is 35.5 Å². The van der Waals surface area contributed by atoms with Gasteiger partial charge in [0.05, 0.1) is 12.7 Å². The molecule has 0 aliphatic rings. The molecule has 2 rings (SSSR count). The third-order valence-electron chi connectivity index (χ3n) is 3.39. The zero-order valence-corrected chi connectivity index (χ0v) is 12.7. The number of hydrogen-bond acceptors (Lipinski definition) is 3. The average molecular weight is 284 g/mol. The first-order valence-electron chi connectivity index (χ1n) is 7.04. The van der Waals surface area contributed by atoms with Gasteiger partial charge in [-0.3, -0.25) is 4.79 Å². The minimum absolute atomic E-state index is 0.00356. The van der Waals surface area contributed by atoms with Crippen molar-refractivity contribution in [1.82, 2.24) is 0 Å². The summed E-state index contributed by atoms with van der Waals surface area (Å²) in [6.45, 7) is 4.06. The molecule has 0 aliphatic heterocycles. The monoisotopic (exact) mass is 284 g/mol. The Kier molecular flexibility index (Phi) is 4.99. The van der Waals surface area contributed by atoms with Crippen molar-refractivity contribution in [3.8, 4) is 11.5 Å². The van der Waals surface area contributed by atoms with Gasteiger partial charge in [0.1, 0.15) is 18.1 Å². The Morgan fingerprint density at radius 1 is 1.10 bits per heavy atom. The number of Topliss-reactive ketones (excluding diaryl/α,β-unsaturated/α-hetero) is 1. The molecule has 0 saturated carbocycles. The van der Waals surface area contributed by atoms with Crippen LogP contribution in [0.2, 0.25) is 0 Å². The third-order valence-corrected chi connectivity index (χ3v) is 3.39. The van der Waals surface area contributed by atoms with Gasteiger partial charge in [0.2, 0.25) is 0 Å². The zero-order chi connectivity index (χ0) is 15.2. The van der Waals surface area contributed by atoms with Crippen molar-refractivity contribution in [2.45, 2.75) is 26.9 Å². The molecule has 21 heavy (non-hydrogen) atoms. The number of carbonyl (C=O) groups excluding carboxylic acids is 1. The van der Waals surface area contributed by atoms with Crippen LogP contribution in [0.15, 0.2) is 42.5 Å². The lowest BCUT2D eigenvalue weighted by atomic mass is 10.0. The van der Waals surface area contributed by atoms with E-state index in [0.717, 1.165) is 23.3 Å². The van der Waals surface area contributed by atoms with Gasteiger partial charge in [0.15, 0.2) is 5.78 Å². The minimum Gasteiger partial charge on any atom is -0.496 e. The highest BCUT2D eigenvalue weighted by atomic mass is 16.5. The van der Waals surface area contributed by atoms with Crippen molar-refractivity contribution in [2.75, 3.05) is 7.11 Å². The highest BCUT2D eigenvalue weighted by Crippen LogP contribution is 2.33. The molecule has 0 unspecified atom stereocenters. The normalized spacial score (nSPS) is 10.2. The number of hydrogen-bond donors (Lipinski definition) is 0. The van der Waals surface area contributed by atoms with E-state index < -0.39 is 0 Å². The Bertz CT molecular complexity index is 618. The van der Waals surface area contributed by atoms with E-state index in [2.05, 4.69) is 0 Å². The van der Waals surface area contributed by atoms with E-state index in [1.165, 1.54) is 0 Å². The second kappa shape index (κ2) is 6.93. The van der Waals surface area contributed by atoms with Crippen LogP contribution >= 0.6 is 0 Å². The van der Waals surface area contributed by atoms with Crippen LogP contribution in [0.3, 0.4) is 0 Å². The fraction of sp³-hybridized carbons (Fsp3) is 0.278. The van der Waals surface area contributed by atoms with Crippen LogP contribution in [0.5, 0.6) is 11.5 Å². The number of methoxy groups -OCH3 is 1. The summed E-state index contributed by atoms with van der Waals surface area (Å²) in [6.07, 6.45) is 0.744. The Morgan fingerprint density at radius 2 is 1.81 bits per heavy atom. The largest absolute Gasteiger partial charge is 0.496 e. The van der Waals surface area contributed by atoms with Crippen molar-refractivity contribution in [3.05, 3.63) is 59.2 Å². The molecule has 0 heterocycles. The molecule has 2 aromatic rings. The molecule has 0 atom stereocenters. The fourth-order valence-electron chi connectivity index (χ4n) is 2.33. The molecule has 0 radical (unpaired) electrons. The van der Waals surface area contributed by atoms with Crippen LogP contribution in [-0.2, 0) is 13.0 Å². The first-order valence-corrected chi connectivity index (χ1v) is 7.04. The quantitative estimate of drug-likeness (QED) is 0.751. The zero-order valence-electron chi connectivity index (χ0n) is 12.7. The standard InChI is InChI=1S/C18H20O3/c1-4-15-17(21-12-14-8-6-5-7-9-14)11-10-16(13(2)19)18(15)20-3/h5-11H,4,12H2,1-3H3. The van der Waals surface area contributed by atoms with E-state index in [9.17, 15) is 4.79 Å². The number of benzene rings is 2. The van der Waals surface area contributed by atoms with Gasteiger partial charge in [0, 0.05) is 5.56 Å². The van der Waals surface area contributed by atoms with Crippen LogP contribution in [0, 0.1) is 0 Å². The van der Waals surface area contributed by atoms with Crippen molar-refractivity contribution in [1.29, 1.82) is 0 Å². The molecule has 0 fully saturated rings. The summed E-state index contributed by atoms with van der Waals surface area (Å²) < 4.78 is 11.3. The molecule has 0 amide bonds. The minimum atomic E-state index is -0.00356. The smallest absolute Gasteiger partial charge is 0.163 e. The van der Waals surface area contributed by atoms with Crippen LogP contribution in [0.1, 0.15) is 35.3 Å². The Morgan fingerprint density at radius 3 is 2.38 bits per heavy atom. The molecule has 0 aliphatic carbocycles. The van der Waals surface area contributed by atoms with E-state index in [1.807, 2.05) is 43.3 Å². The Hall–Kier alpha value is -2.29. The second-order valence-corrected chi connectivity index (χ2v) is 4.81. The van der Waals surface area contributed by atoms with E-state index in [-0.39, 0.29) is 5.78 Å². The van der Waals surface area contributed by atoms with Crippen molar-refractivity contribution < 1.29 is 14.3 Å². The molecule has 2 aromatic carbocycles. The molecular formula is C18H20O3. The summed E-state index contributed by atoms with van der Waals surface area (Å²) in [5.74, 6) is 1.38. The molecular weight excluding hydrogens is 264 g/mol. The maximum absolute atomic E-state index is 11.7. The van der Waals surface area contributed by atoms with Gasteiger partial charge < -0.3 is 9.47 Å². The van der Waals surface area contributed by atoms with Crippen molar-refractivity contribution >= 4 is 5.78 Å². The molecule has 0 aromatic heterocycles. The number of rotatable bonds is 6. The van der Waals surface area contributed by atoms with Gasteiger partial charge in [-0.05, 0) is 31.0 Å². The number of carbonyl (C=O) groups is 1. The predicted octanol–water partition coefficient (Wildman–Crippen LogP) is 4.04. The molecule has 0 saturated heterocycles. The summed E-state index contributed by atoms with van der Waals surface area (Å²) in [5.41, 5.74) is 2.64. The molecule has 110 valence electrons. The van der Waals surface area contributed by atoms with Gasteiger partial charge in [-0.15, -0.1) is 0 Å². The second-order valence-electron chi connectivity index (χ2n) is 4.81. The van der Waals surface area contributed by atoms with Crippen LogP contribution in [0.4, 0.5) is 0 Å². The van der Waals surface area contributed by atoms with Crippen LogP contribution < -0.4 is 9.47 Å². The third kappa shape index (κ3) is 3.43. The SMILES string of the molecule is CCc1c(OCc2ccccc2)ccc(C(C)=O)c1OC. The predicted molar refractivity (Wildman–Crippen MR) is 83.2 cm³/mol. The summed E-state index contributed by atoms with van der Waals surface area (Å²) in [7, 11) is 1.59. The van der Waals surface area contributed by atoms with Gasteiger partial charge in [-0.1, -0.05) is 37.3 Å². The summed E-state index contributed by atoms with van der Waals surface area (Å²) in [6, 6.07) is 13.6. The van der Waals surface area contributed by atoms with Gasteiger partial charge in [0.25, 0.3) is 0 Å². The molecule has 0 bridgehead atoms. The number of ketones is 1. The first-order chi connectivity index (χ1) is 10.2. The lowest BCUT2D eigenvalue weighted by molar-refractivity contribution is 0.101. The Balaban J connectivity index is 2.29. The van der Waals surface area contributed by atoms with Gasteiger partial charge in [-0.25, -0.2) is 0 Å². The molecule has 0 spiro atoms. The maximum Gasteiger partial charge on any atom is 0.163 e. The van der Waals surface area contributed by atoms with Crippen molar-refractivity contribution in [2.24, 2.45) is 0 Å². The number of ether oxygens (including phenoxy) is 2. The fourth-order valence-corrected chi connectivity index (χ4v) is 2.33. The van der Waals surface area contributed by atoms with Gasteiger partial charge in [-0.2, -0.15) is 0 Å². The lowest BCUT2D eigenvalue weighted by Crippen LogP contribution is -2.04. The van der Waals surface area contributed by atoms with Gasteiger partial charge >= 0.3 is 0 Å². The van der Waals surface area contributed by atoms with Crippen molar-refractivity contribution in [3.63, 3.8) is 0 Å². The average Bonchev–Trinajstić information content (AvgIpc) is 2.52. The van der Waals surface area contributed by atoms with E-state index in [1.54, 1.807) is 20.1 Å². The highest BCUT2D eigenvalue weighted by molar-refractivity contribution is 5.97. The van der Waals surface area contributed by atoms with E-state index in [4.69, 9.17) is 9.47 Å². The van der Waals surface area contributed by atoms with Crippen LogP contribution in [-0.4, -0.2) is 12.9 Å². The summed E-state index contributed by atoms with van der Waals surface area (Å²) in [5, 5.41) is 0. The molecule has 3 nitrogen and oxygen atoms in total. The summed E-state index contributed by atoms with van der Waals surface area (Å²) >= 11 is 0. The lowest BCUT2D eigenvalue weighted by Gasteiger charge is -2.16. The highest BCUT2D eigenvalue weighted by Gasteiger charge is 2.16. The first kappa shape index (κ1) is 15.1. The molecule has 3 heteroatoms. The Labute approximate surface area is 125 Å². The van der Waals surface area contributed by atoms with Crippen LogP contribution in [0.25, 0.3) is 0 Å². The summed E-state index contributed by atoms with van der Waals surface area (Å²) in [4.78, 5) is 11.7. The van der Waals surface area contributed by atoms with E-state index in [0.29, 0.717) is 17.9 Å². The maximum atomic E-state index is 11.7.